The Bertz CT molecular complexity index is 397. The molecule has 2 fully saturated rings. The summed E-state index contributed by atoms with van der Waals surface area (Å²) in [6, 6.07) is 0. The van der Waals surface area contributed by atoms with E-state index in [4.69, 9.17) is 4.99 Å². The van der Waals surface area contributed by atoms with Crippen LogP contribution >= 0.6 is 0 Å². The van der Waals surface area contributed by atoms with Crippen LogP contribution < -0.4 is 10.6 Å². The summed E-state index contributed by atoms with van der Waals surface area (Å²) in [5.74, 6) is 1.58. The van der Waals surface area contributed by atoms with Gasteiger partial charge in [-0.3, -0.25) is 4.99 Å². The Morgan fingerprint density at radius 3 is 2.30 bits per heavy atom. The summed E-state index contributed by atoms with van der Waals surface area (Å²) in [7, 11) is 2.21. The number of hydrogen-bond acceptors (Lipinski definition) is 4. The molecule has 0 aromatic carbocycles. The predicted octanol–water partition coefficient (Wildman–Crippen LogP) is 1.69. The Morgan fingerprint density at radius 1 is 0.926 bits per heavy atom. The maximum absolute atomic E-state index is 4.84. The standard InChI is InChI=1S/C21H44N6/c1-4-22-21(23-10-9-13-26-11-7-5-6-8-12-26)24-18-20(2)19-27-16-14-25(3)15-17-27/h20H,4-19H2,1-3H3,(H2,22,23,24). The van der Waals surface area contributed by atoms with Gasteiger partial charge in [-0.15, -0.1) is 0 Å². The van der Waals surface area contributed by atoms with E-state index in [2.05, 4.69) is 46.2 Å². The molecule has 2 aliphatic rings. The molecule has 27 heavy (non-hydrogen) atoms. The van der Waals surface area contributed by atoms with Crippen LogP contribution in [0.25, 0.3) is 0 Å². The molecular formula is C21H44N6. The van der Waals surface area contributed by atoms with Gasteiger partial charge in [0.25, 0.3) is 0 Å². The smallest absolute Gasteiger partial charge is 0.191 e. The maximum Gasteiger partial charge on any atom is 0.191 e. The van der Waals surface area contributed by atoms with Crippen LogP contribution in [0.3, 0.4) is 0 Å². The molecule has 0 aromatic heterocycles. The largest absolute Gasteiger partial charge is 0.357 e. The van der Waals surface area contributed by atoms with Crippen LogP contribution in [0.2, 0.25) is 0 Å². The first kappa shape index (κ1) is 22.4. The van der Waals surface area contributed by atoms with E-state index in [1.165, 1.54) is 77.9 Å². The SMILES string of the molecule is CCNC(=NCC(C)CN1CCN(C)CC1)NCCCN1CCCCCC1. The molecule has 1 atom stereocenters. The van der Waals surface area contributed by atoms with Gasteiger partial charge in [-0.05, 0) is 58.8 Å². The van der Waals surface area contributed by atoms with Gasteiger partial charge < -0.3 is 25.3 Å². The van der Waals surface area contributed by atoms with Gasteiger partial charge in [0.2, 0.25) is 0 Å². The zero-order chi connectivity index (χ0) is 19.3. The van der Waals surface area contributed by atoms with Crippen molar-refractivity contribution in [3.63, 3.8) is 0 Å². The average molecular weight is 381 g/mol. The fourth-order valence-corrected chi connectivity index (χ4v) is 3.99. The molecule has 2 rings (SSSR count). The van der Waals surface area contributed by atoms with E-state index in [-0.39, 0.29) is 0 Å². The first-order valence-electron chi connectivity index (χ1n) is 11.3. The van der Waals surface area contributed by atoms with Crippen molar-refractivity contribution in [3.05, 3.63) is 0 Å². The van der Waals surface area contributed by atoms with E-state index < -0.39 is 0 Å². The van der Waals surface area contributed by atoms with E-state index in [9.17, 15) is 0 Å². The third kappa shape index (κ3) is 9.77. The number of nitrogens with zero attached hydrogens (tertiary/aromatic N) is 4. The molecule has 2 saturated heterocycles. The zero-order valence-electron chi connectivity index (χ0n) is 18.2. The number of nitrogens with one attached hydrogen (secondary N) is 2. The van der Waals surface area contributed by atoms with Gasteiger partial charge in [0.15, 0.2) is 5.96 Å². The molecule has 2 N–H and O–H groups in total. The molecule has 6 nitrogen and oxygen atoms in total. The quantitative estimate of drug-likeness (QED) is 0.362. The van der Waals surface area contributed by atoms with Crippen LogP contribution in [-0.4, -0.2) is 99.7 Å². The minimum atomic E-state index is 0.598. The molecule has 0 bridgehead atoms. The number of hydrogen-bond donors (Lipinski definition) is 2. The van der Waals surface area contributed by atoms with E-state index in [0.717, 1.165) is 32.1 Å². The van der Waals surface area contributed by atoms with Crippen molar-refractivity contribution in [1.29, 1.82) is 0 Å². The summed E-state index contributed by atoms with van der Waals surface area (Å²) in [6.07, 6.45) is 6.78. The molecule has 0 aromatic rings. The molecule has 0 aliphatic carbocycles. The minimum Gasteiger partial charge on any atom is -0.357 e. The van der Waals surface area contributed by atoms with Crippen LogP contribution in [0.1, 0.15) is 46.0 Å². The van der Waals surface area contributed by atoms with Crippen molar-refractivity contribution >= 4 is 5.96 Å². The van der Waals surface area contributed by atoms with Gasteiger partial charge >= 0.3 is 0 Å². The van der Waals surface area contributed by atoms with Crippen molar-refractivity contribution in [2.75, 3.05) is 79.0 Å². The van der Waals surface area contributed by atoms with E-state index in [1.807, 2.05) is 0 Å². The van der Waals surface area contributed by atoms with Gasteiger partial charge in [-0.2, -0.15) is 0 Å². The monoisotopic (exact) mass is 380 g/mol. The van der Waals surface area contributed by atoms with E-state index >= 15 is 0 Å². The first-order chi connectivity index (χ1) is 13.2. The van der Waals surface area contributed by atoms with Crippen LogP contribution in [0.5, 0.6) is 0 Å². The second kappa shape index (κ2) is 13.3. The number of piperazine rings is 1. The normalized spacial score (nSPS) is 22.4. The van der Waals surface area contributed by atoms with E-state index in [0.29, 0.717) is 5.92 Å². The lowest BCUT2D eigenvalue weighted by molar-refractivity contribution is 0.140. The predicted molar refractivity (Wildman–Crippen MR) is 117 cm³/mol. The van der Waals surface area contributed by atoms with Crippen molar-refractivity contribution in [3.8, 4) is 0 Å². The minimum absolute atomic E-state index is 0.598. The summed E-state index contributed by atoms with van der Waals surface area (Å²) in [5.41, 5.74) is 0. The molecule has 2 heterocycles. The lowest BCUT2D eigenvalue weighted by Crippen LogP contribution is -2.46. The summed E-state index contributed by atoms with van der Waals surface area (Å²) < 4.78 is 0. The number of aliphatic imine (C=N–C) groups is 1. The van der Waals surface area contributed by atoms with Crippen LogP contribution in [0, 0.1) is 5.92 Å². The van der Waals surface area contributed by atoms with Gasteiger partial charge in [-0.25, -0.2) is 0 Å². The van der Waals surface area contributed by atoms with Crippen LogP contribution in [0.4, 0.5) is 0 Å². The highest BCUT2D eigenvalue weighted by molar-refractivity contribution is 5.79. The number of rotatable bonds is 9. The molecule has 6 heteroatoms. The second-order valence-corrected chi connectivity index (χ2v) is 8.46. The van der Waals surface area contributed by atoms with Gasteiger partial charge in [0.1, 0.15) is 0 Å². The van der Waals surface area contributed by atoms with Crippen LogP contribution in [0.15, 0.2) is 4.99 Å². The maximum atomic E-state index is 4.84. The second-order valence-electron chi connectivity index (χ2n) is 8.46. The summed E-state index contributed by atoms with van der Waals surface area (Å²) in [5, 5.41) is 6.93. The van der Waals surface area contributed by atoms with Gasteiger partial charge in [0.05, 0.1) is 0 Å². The van der Waals surface area contributed by atoms with Gasteiger partial charge in [0, 0.05) is 52.4 Å². The summed E-state index contributed by atoms with van der Waals surface area (Å²) >= 11 is 0. The number of likely N-dealkylation sites (tertiary alicyclic amines) is 1. The van der Waals surface area contributed by atoms with Crippen molar-refractivity contribution < 1.29 is 0 Å². The third-order valence-electron chi connectivity index (χ3n) is 5.71. The Kier molecular flexibility index (Phi) is 11.1. The van der Waals surface area contributed by atoms with Crippen molar-refractivity contribution in [2.24, 2.45) is 10.9 Å². The molecule has 0 amide bonds. The molecule has 0 radical (unpaired) electrons. The molecule has 2 aliphatic heterocycles. The Balaban J connectivity index is 1.63. The molecule has 158 valence electrons. The lowest BCUT2D eigenvalue weighted by atomic mass is 10.1. The first-order valence-corrected chi connectivity index (χ1v) is 11.3. The molecular weight excluding hydrogens is 336 g/mol. The average Bonchev–Trinajstić information content (AvgIpc) is 2.94. The van der Waals surface area contributed by atoms with Crippen LogP contribution in [-0.2, 0) is 0 Å². The highest BCUT2D eigenvalue weighted by atomic mass is 15.2. The highest BCUT2D eigenvalue weighted by Crippen LogP contribution is 2.09. The Morgan fingerprint density at radius 2 is 1.63 bits per heavy atom. The third-order valence-corrected chi connectivity index (χ3v) is 5.71. The van der Waals surface area contributed by atoms with Gasteiger partial charge in [-0.1, -0.05) is 19.8 Å². The summed E-state index contributed by atoms with van der Waals surface area (Å²) in [6.45, 7) is 17.0. The topological polar surface area (TPSA) is 46.1 Å². The number of guanidine groups is 1. The molecule has 0 saturated carbocycles. The van der Waals surface area contributed by atoms with Crippen molar-refractivity contribution in [2.45, 2.75) is 46.0 Å². The van der Waals surface area contributed by atoms with Crippen molar-refractivity contribution in [1.82, 2.24) is 25.3 Å². The summed E-state index contributed by atoms with van der Waals surface area (Å²) in [4.78, 5) is 12.5. The fraction of sp³-hybridized carbons (Fsp3) is 0.952. The van der Waals surface area contributed by atoms with E-state index in [1.54, 1.807) is 0 Å². The molecule has 1 unspecified atom stereocenters. The fourth-order valence-electron chi connectivity index (χ4n) is 3.99. The number of likely N-dealkylation sites (N-methyl/N-ethyl adjacent to an activating group) is 1. The zero-order valence-corrected chi connectivity index (χ0v) is 18.2. The highest BCUT2D eigenvalue weighted by Gasteiger charge is 2.16. The Labute approximate surface area is 167 Å². The Hall–Kier alpha value is -0.850. The molecule has 0 spiro atoms. The lowest BCUT2D eigenvalue weighted by Gasteiger charge is -2.33.